The van der Waals surface area contributed by atoms with Crippen LogP contribution in [0.15, 0.2) is 48.5 Å². The quantitative estimate of drug-likeness (QED) is 0.883. The Morgan fingerprint density at radius 3 is 2.58 bits per heavy atom. The van der Waals surface area contributed by atoms with Gasteiger partial charge in [-0.25, -0.2) is 4.39 Å². The predicted molar refractivity (Wildman–Crippen MR) is 74.9 cm³/mol. The van der Waals surface area contributed by atoms with Gasteiger partial charge in [-0.05, 0) is 42.7 Å². The molecule has 0 aliphatic carbocycles. The molecule has 0 aliphatic rings. The van der Waals surface area contributed by atoms with Crippen LogP contribution in [-0.4, -0.2) is 6.04 Å². The summed E-state index contributed by atoms with van der Waals surface area (Å²) in [5.74, 6) is 0.503. The first-order valence-electron chi connectivity index (χ1n) is 6.46. The third-order valence-corrected chi connectivity index (χ3v) is 2.99. The summed E-state index contributed by atoms with van der Waals surface area (Å²) in [6, 6.07) is 14.2. The highest BCUT2D eigenvalue weighted by Crippen LogP contribution is 2.25. The Morgan fingerprint density at radius 1 is 1.16 bits per heavy atom. The van der Waals surface area contributed by atoms with Gasteiger partial charge in [0.05, 0.1) is 0 Å². The molecular formula is C16H18FNO. The number of hydrogen-bond acceptors (Lipinski definition) is 2. The lowest BCUT2D eigenvalue weighted by Gasteiger charge is -2.11. The van der Waals surface area contributed by atoms with E-state index >= 15 is 0 Å². The summed E-state index contributed by atoms with van der Waals surface area (Å²) in [5, 5.41) is 0. The SMILES string of the molecule is CCC(N)Cc1ccc(F)c(Oc2ccccc2)c1. The fourth-order valence-corrected chi connectivity index (χ4v) is 1.82. The topological polar surface area (TPSA) is 35.2 Å². The molecule has 0 aromatic heterocycles. The fraction of sp³-hybridized carbons (Fsp3) is 0.250. The standard InChI is InChI=1S/C16H18FNO/c1-2-13(18)10-12-8-9-15(17)16(11-12)19-14-6-4-3-5-7-14/h3-9,11,13H,2,10,18H2,1H3. The van der Waals surface area contributed by atoms with Gasteiger partial charge < -0.3 is 10.5 Å². The molecule has 2 rings (SSSR count). The number of para-hydroxylation sites is 1. The molecule has 0 radical (unpaired) electrons. The van der Waals surface area contributed by atoms with E-state index in [4.69, 9.17) is 10.5 Å². The Balaban J connectivity index is 2.17. The third kappa shape index (κ3) is 3.80. The van der Waals surface area contributed by atoms with Crippen molar-refractivity contribution in [2.24, 2.45) is 5.73 Å². The number of rotatable bonds is 5. The maximum atomic E-state index is 13.7. The van der Waals surface area contributed by atoms with Crippen LogP contribution in [0.2, 0.25) is 0 Å². The number of halogens is 1. The van der Waals surface area contributed by atoms with E-state index in [1.54, 1.807) is 24.3 Å². The van der Waals surface area contributed by atoms with Crippen molar-refractivity contribution in [2.75, 3.05) is 0 Å². The van der Waals surface area contributed by atoms with Crippen molar-refractivity contribution < 1.29 is 9.13 Å². The Kier molecular flexibility index (Phi) is 4.53. The zero-order chi connectivity index (χ0) is 13.7. The summed E-state index contributed by atoms with van der Waals surface area (Å²) >= 11 is 0. The second-order valence-electron chi connectivity index (χ2n) is 4.55. The summed E-state index contributed by atoms with van der Waals surface area (Å²) in [6.45, 7) is 2.04. The summed E-state index contributed by atoms with van der Waals surface area (Å²) < 4.78 is 19.3. The van der Waals surface area contributed by atoms with E-state index in [2.05, 4.69) is 0 Å². The Morgan fingerprint density at radius 2 is 1.89 bits per heavy atom. The first-order chi connectivity index (χ1) is 9.19. The molecule has 0 amide bonds. The lowest BCUT2D eigenvalue weighted by Crippen LogP contribution is -2.21. The predicted octanol–water partition coefficient (Wildman–Crippen LogP) is 3.90. The largest absolute Gasteiger partial charge is 0.454 e. The zero-order valence-corrected chi connectivity index (χ0v) is 11.0. The lowest BCUT2D eigenvalue weighted by molar-refractivity contribution is 0.441. The first kappa shape index (κ1) is 13.6. The van der Waals surface area contributed by atoms with Crippen molar-refractivity contribution in [2.45, 2.75) is 25.8 Å². The molecule has 2 aromatic carbocycles. The van der Waals surface area contributed by atoms with Gasteiger partial charge in [-0.1, -0.05) is 31.2 Å². The molecule has 0 aliphatic heterocycles. The van der Waals surface area contributed by atoms with E-state index in [0.29, 0.717) is 5.75 Å². The second-order valence-corrected chi connectivity index (χ2v) is 4.55. The maximum Gasteiger partial charge on any atom is 0.165 e. The summed E-state index contributed by atoms with van der Waals surface area (Å²) in [6.07, 6.45) is 1.62. The van der Waals surface area contributed by atoms with Crippen molar-refractivity contribution >= 4 is 0 Å². The molecule has 0 saturated carbocycles. The fourth-order valence-electron chi connectivity index (χ4n) is 1.82. The average molecular weight is 259 g/mol. The van der Waals surface area contributed by atoms with Crippen LogP contribution < -0.4 is 10.5 Å². The van der Waals surface area contributed by atoms with Gasteiger partial charge in [0.1, 0.15) is 5.75 Å². The molecule has 2 nitrogen and oxygen atoms in total. The normalized spacial score (nSPS) is 12.2. The molecule has 0 heterocycles. The van der Waals surface area contributed by atoms with Crippen molar-refractivity contribution in [1.82, 2.24) is 0 Å². The highest BCUT2D eigenvalue weighted by Gasteiger charge is 2.08. The van der Waals surface area contributed by atoms with Crippen LogP contribution in [0.5, 0.6) is 11.5 Å². The van der Waals surface area contributed by atoms with Crippen molar-refractivity contribution in [3.8, 4) is 11.5 Å². The summed E-state index contributed by atoms with van der Waals surface area (Å²) in [5.41, 5.74) is 6.90. The van der Waals surface area contributed by atoms with Crippen LogP contribution in [0, 0.1) is 5.82 Å². The second kappa shape index (κ2) is 6.34. The van der Waals surface area contributed by atoms with Gasteiger partial charge in [-0.3, -0.25) is 0 Å². The minimum atomic E-state index is -0.363. The van der Waals surface area contributed by atoms with Crippen LogP contribution in [0.25, 0.3) is 0 Å². The smallest absolute Gasteiger partial charge is 0.165 e. The molecule has 2 aromatic rings. The number of benzene rings is 2. The van der Waals surface area contributed by atoms with Gasteiger partial charge in [-0.2, -0.15) is 0 Å². The zero-order valence-electron chi connectivity index (χ0n) is 11.0. The monoisotopic (exact) mass is 259 g/mol. The Labute approximate surface area is 113 Å². The number of ether oxygens (including phenoxy) is 1. The van der Waals surface area contributed by atoms with E-state index < -0.39 is 0 Å². The van der Waals surface area contributed by atoms with Crippen molar-refractivity contribution in [3.05, 3.63) is 59.9 Å². The van der Waals surface area contributed by atoms with Gasteiger partial charge in [0, 0.05) is 6.04 Å². The molecule has 1 atom stereocenters. The molecule has 2 N–H and O–H groups in total. The Hall–Kier alpha value is -1.87. The molecule has 19 heavy (non-hydrogen) atoms. The van der Waals surface area contributed by atoms with Gasteiger partial charge in [0.15, 0.2) is 11.6 Å². The van der Waals surface area contributed by atoms with E-state index in [-0.39, 0.29) is 17.6 Å². The minimum absolute atomic E-state index is 0.0926. The highest BCUT2D eigenvalue weighted by molar-refractivity contribution is 5.35. The van der Waals surface area contributed by atoms with E-state index in [9.17, 15) is 4.39 Å². The highest BCUT2D eigenvalue weighted by atomic mass is 19.1. The van der Waals surface area contributed by atoms with Crippen LogP contribution in [0.3, 0.4) is 0 Å². The van der Waals surface area contributed by atoms with Crippen molar-refractivity contribution in [3.63, 3.8) is 0 Å². The molecule has 1 unspecified atom stereocenters. The first-order valence-corrected chi connectivity index (χ1v) is 6.46. The van der Waals surface area contributed by atoms with Gasteiger partial charge in [-0.15, -0.1) is 0 Å². The molecular weight excluding hydrogens is 241 g/mol. The molecule has 0 bridgehead atoms. The molecule has 0 saturated heterocycles. The van der Waals surface area contributed by atoms with Crippen LogP contribution >= 0.6 is 0 Å². The van der Waals surface area contributed by atoms with Crippen LogP contribution in [0.4, 0.5) is 4.39 Å². The molecule has 0 fully saturated rings. The summed E-state index contributed by atoms with van der Waals surface area (Å²) in [7, 11) is 0. The van der Waals surface area contributed by atoms with Crippen molar-refractivity contribution in [1.29, 1.82) is 0 Å². The van der Waals surface area contributed by atoms with Crippen LogP contribution in [-0.2, 0) is 6.42 Å². The maximum absolute atomic E-state index is 13.7. The van der Waals surface area contributed by atoms with E-state index in [1.165, 1.54) is 6.07 Å². The Bertz CT molecular complexity index is 528. The van der Waals surface area contributed by atoms with Gasteiger partial charge >= 0.3 is 0 Å². The van der Waals surface area contributed by atoms with Gasteiger partial charge in [0.2, 0.25) is 0 Å². The van der Waals surface area contributed by atoms with E-state index in [1.807, 2.05) is 25.1 Å². The molecule has 0 spiro atoms. The van der Waals surface area contributed by atoms with Crippen LogP contribution in [0.1, 0.15) is 18.9 Å². The van der Waals surface area contributed by atoms with E-state index in [0.717, 1.165) is 18.4 Å². The third-order valence-electron chi connectivity index (χ3n) is 2.99. The molecule has 100 valence electrons. The number of hydrogen-bond donors (Lipinski definition) is 1. The average Bonchev–Trinajstić information content (AvgIpc) is 2.43. The molecule has 3 heteroatoms. The minimum Gasteiger partial charge on any atom is -0.454 e. The van der Waals surface area contributed by atoms with Gasteiger partial charge in [0.25, 0.3) is 0 Å². The number of nitrogens with two attached hydrogens (primary N) is 1. The summed E-state index contributed by atoms with van der Waals surface area (Å²) in [4.78, 5) is 0. The lowest BCUT2D eigenvalue weighted by atomic mass is 10.0.